The van der Waals surface area contributed by atoms with Crippen molar-refractivity contribution in [2.24, 2.45) is 5.10 Å². The largest absolute Gasteiger partial charge is 0.493 e. The monoisotopic (exact) mass is 487 g/mol. The fraction of sp³-hybridized carbons (Fsp3) is 0.273. The van der Waals surface area contributed by atoms with Gasteiger partial charge in [-0.05, 0) is 48.4 Å². The zero-order valence-corrected chi connectivity index (χ0v) is 18.8. The van der Waals surface area contributed by atoms with Crippen molar-refractivity contribution < 1.29 is 19.4 Å². The molecule has 0 radical (unpaired) electrons. The van der Waals surface area contributed by atoms with E-state index in [1.165, 1.54) is 18.0 Å². The molecule has 0 unspecified atom stereocenters. The van der Waals surface area contributed by atoms with E-state index in [9.17, 15) is 9.59 Å². The van der Waals surface area contributed by atoms with Crippen molar-refractivity contribution in [2.45, 2.75) is 26.2 Å². The van der Waals surface area contributed by atoms with Gasteiger partial charge in [0.25, 0.3) is 5.56 Å². The first-order valence-electron chi connectivity index (χ1n) is 9.71. The zero-order chi connectivity index (χ0) is 22.4. The van der Waals surface area contributed by atoms with Crippen molar-refractivity contribution in [3.8, 4) is 11.5 Å². The lowest BCUT2D eigenvalue weighted by Crippen LogP contribution is -2.22. The predicted octanol–water partition coefficient (Wildman–Crippen LogP) is 3.86. The smallest absolute Gasteiger partial charge is 0.341 e. The highest BCUT2D eigenvalue weighted by Gasteiger charge is 2.11. The molecule has 3 rings (SSSR count). The Kier molecular flexibility index (Phi) is 7.41. The number of carbonyl (C=O) groups is 1. The van der Waals surface area contributed by atoms with Crippen molar-refractivity contribution in [1.82, 2.24) is 9.66 Å². The van der Waals surface area contributed by atoms with Crippen LogP contribution in [-0.2, 0) is 11.2 Å². The number of benzene rings is 2. The second-order valence-corrected chi connectivity index (χ2v) is 7.66. The Morgan fingerprint density at radius 2 is 2.06 bits per heavy atom. The average molecular weight is 488 g/mol. The van der Waals surface area contributed by atoms with E-state index >= 15 is 0 Å². The standard InChI is InChI=1S/C22H22BrN3O5/c1-3-4-5-20-25-17-8-7-15(23)11-16(17)22(29)26(20)24-12-14-6-9-18(19(10-14)30-2)31-13-21(27)28/h6-12H,3-5,13H2,1-2H3,(H,27,28). The van der Waals surface area contributed by atoms with Crippen LogP contribution in [0.2, 0.25) is 0 Å². The molecule has 0 spiro atoms. The average Bonchev–Trinajstić information content (AvgIpc) is 2.76. The summed E-state index contributed by atoms with van der Waals surface area (Å²) in [4.78, 5) is 28.5. The molecule has 1 aromatic heterocycles. The number of methoxy groups -OCH3 is 1. The van der Waals surface area contributed by atoms with Crippen LogP contribution >= 0.6 is 15.9 Å². The molecule has 8 nitrogen and oxygen atoms in total. The van der Waals surface area contributed by atoms with Crippen molar-refractivity contribution in [3.05, 3.63) is 62.6 Å². The molecule has 1 N–H and O–H groups in total. The summed E-state index contributed by atoms with van der Waals surface area (Å²) >= 11 is 3.39. The van der Waals surface area contributed by atoms with Crippen LogP contribution in [0.1, 0.15) is 31.2 Å². The van der Waals surface area contributed by atoms with Crippen molar-refractivity contribution in [1.29, 1.82) is 0 Å². The van der Waals surface area contributed by atoms with E-state index in [1.54, 1.807) is 24.3 Å². The quantitative estimate of drug-likeness (QED) is 0.459. The Labute approximate surface area is 187 Å². The lowest BCUT2D eigenvalue weighted by atomic mass is 10.2. The van der Waals surface area contributed by atoms with Crippen molar-refractivity contribution in [3.63, 3.8) is 0 Å². The number of nitrogens with zero attached hydrogens (tertiary/aromatic N) is 3. The van der Waals surface area contributed by atoms with Gasteiger partial charge in [0.1, 0.15) is 5.82 Å². The summed E-state index contributed by atoms with van der Waals surface area (Å²) in [7, 11) is 1.46. The minimum absolute atomic E-state index is 0.248. The number of ether oxygens (including phenoxy) is 2. The third kappa shape index (κ3) is 5.49. The number of halogens is 1. The summed E-state index contributed by atoms with van der Waals surface area (Å²) in [6.07, 6.45) is 4.01. The molecule has 0 bridgehead atoms. The molecule has 0 aliphatic rings. The third-order valence-corrected chi connectivity index (χ3v) is 4.98. The lowest BCUT2D eigenvalue weighted by molar-refractivity contribution is -0.139. The highest BCUT2D eigenvalue weighted by molar-refractivity contribution is 9.10. The Morgan fingerprint density at radius 3 is 2.77 bits per heavy atom. The van der Waals surface area contributed by atoms with Crippen LogP contribution < -0.4 is 15.0 Å². The number of hydrogen-bond acceptors (Lipinski definition) is 6. The second-order valence-electron chi connectivity index (χ2n) is 6.75. The molecule has 0 aliphatic heterocycles. The minimum Gasteiger partial charge on any atom is -0.493 e. The Morgan fingerprint density at radius 1 is 1.26 bits per heavy atom. The number of unbranched alkanes of at least 4 members (excludes halogenated alkanes) is 1. The summed E-state index contributed by atoms with van der Waals surface area (Å²) < 4.78 is 12.6. The van der Waals surface area contributed by atoms with E-state index in [2.05, 4.69) is 32.9 Å². The summed E-state index contributed by atoms with van der Waals surface area (Å²) in [6.45, 7) is 1.60. The van der Waals surface area contributed by atoms with E-state index in [0.29, 0.717) is 40.2 Å². The number of aliphatic carboxylic acids is 1. The van der Waals surface area contributed by atoms with Gasteiger partial charge in [-0.2, -0.15) is 9.78 Å². The molecule has 162 valence electrons. The highest BCUT2D eigenvalue weighted by atomic mass is 79.9. The molecular weight excluding hydrogens is 466 g/mol. The fourth-order valence-electron chi connectivity index (χ4n) is 2.96. The molecule has 0 fully saturated rings. The summed E-state index contributed by atoms with van der Waals surface area (Å²) in [5.74, 6) is 0.179. The summed E-state index contributed by atoms with van der Waals surface area (Å²) in [5.41, 5.74) is 1.04. The first-order chi connectivity index (χ1) is 14.9. The van der Waals surface area contributed by atoms with Crippen LogP contribution in [0.4, 0.5) is 0 Å². The van der Waals surface area contributed by atoms with Gasteiger partial charge in [-0.3, -0.25) is 4.79 Å². The highest BCUT2D eigenvalue weighted by Crippen LogP contribution is 2.27. The number of aromatic nitrogens is 2. The first kappa shape index (κ1) is 22.5. The van der Waals surface area contributed by atoms with Gasteiger partial charge in [0.15, 0.2) is 18.1 Å². The molecular formula is C22H22BrN3O5. The number of aryl methyl sites for hydroxylation is 1. The number of fused-ring (bicyclic) bond motifs is 1. The number of carboxylic acid groups (broad SMARTS) is 1. The van der Waals surface area contributed by atoms with E-state index < -0.39 is 12.6 Å². The van der Waals surface area contributed by atoms with Crippen LogP contribution in [-0.4, -0.2) is 40.7 Å². The Bertz CT molecular complexity index is 1190. The van der Waals surface area contributed by atoms with Crippen LogP contribution in [0.3, 0.4) is 0 Å². The molecule has 1 heterocycles. The fourth-order valence-corrected chi connectivity index (χ4v) is 3.32. The molecule has 0 atom stereocenters. The van der Waals surface area contributed by atoms with E-state index in [-0.39, 0.29) is 5.56 Å². The lowest BCUT2D eigenvalue weighted by Gasteiger charge is -2.10. The maximum Gasteiger partial charge on any atom is 0.341 e. The molecule has 0 saturated carbocycles. The minimum atomic E-state index is -1.08. The maximum absolute atomic E-state index is 13.1. The molecule has 0 amide bonds. The van der Waals surface area contributed by atoms with E-state index in [1.807, 2.05) is 12.1 Å². The predicted molar refractivity (Wildman–Crippen MR) is 121 cm³/mol. The molecule has 9 heteroatoms. The van der Waals surface area contributed by atoms with Gasteiger partial charge in [0.05, 0.1) is 24.2 Å². The van der Waals surface area contributed by atoms with Crippen LogP contribution in [0, 0.1) is 0 Å². The van der Waals surface area contributed by atoms with Gasteiger partial charge in [0, 0.05) is 10.9 Å². The molecule has 2 aromatic carbocycles. The number of carboxylic acids is 1. The van der Waals surface area contributed by atoms with E-state index in [0.717, 1.165) is 17.3 Å². The topological polar surface area (TPSA) is 103 Å². The van der Waals surface area contributed by atoms with Gasteiger partial charge in [0.2, 0.25) is 0 Å². The third-order valence-electron chi connectivity index (χ3n) is 4.49. The number of rotatable bonds is 9. The van der Waals surface area contributed by atoms with Crippen LogP contribution in [0.25, 0.3) is 10.9 Å². The molecule has 31 heavy (non-hydrogen) atoms. The summed E-state index contributed by atoms with van der Waals surface area (Å²) in [5, 5.41) is 13.7. The van der Waals surface area contributed by atoms with Crippen molar-refractivity contribution in [2.75, 3.05) is 13.7 Å². The maximum atomic E-state index is 13.1. The Balaban J connectivity index is 2.00. The summed E-state index contributed by atoms with van der Waals surface area (Å²) in [6, 6.07) is 10.3. The number of hydrogen-bond donors (Lipinski definition) is 1. The van der Waals surface area contributed by atoms with Crippen LogP contribution in [0.15, 0.2) is 50.8 Å². The van der Waals surface area contributed by atoms with Crippen molar-refractivity contribution >= 4 is 39.0 Å². The van der Waals surface area contributed by atoms with Gasteiger partial charge in [-0.1, -0.05) is 29.3 Å². The van der Waals surface area contributed by atoms with Gasteiger partial charge in [-0.15, -0.1) is 0 Å². The zero-order valence-electron chi connectivity index (χ0n) is 17.2. The molecule has 0 saturated heterocycles. The van der Waals surface area contributed by atoms with Gasteiger partial charge < -0.3 is 14.6 Å². The van der Waals surface area contributed by atoms with E-state index in [4.69, 9.17) is 14.6 Å². The normalized spacial score (nSPS) is 11.2. The van der Waals surface area contributed by atoms with Crippen LogP contribution in [0.5, 0.6) is 11.5 Å². The molecule has 0 aliphatic carbocycles. The van der Waals surface area contributed by atoms with Gasteiger partial charge >= 0.3 is 5.97 Å². The SMILES string of the molecule is CCCCc1nc2ccc(Br)cc2c(=O)n1N=Cc1ccc(OCC(=O)O)c(OC)c1. The second kappa shape index (κ2) is 10.2. The Hall–Kier alpha value is -3.20. The molecule has 3 aromatic rings. The van der Waals surface area contributed by atoms with Gasteiger partial charge in [-0.25, -0.2) is 9.78 Å². The first-order valence-corrected chi connectivity index (χ1v) is 10.5.